The number of hydrogen-bond donors (Lipinski definition) is 2. The van der Waals surface area contributed by atoms with Gasteiger partial charge in [-0.15, -0.1) is 0 Å². The molecule has 0 radical (unpaired) electrons. The first-order valence-corrected chi connectivity index (χ1v) is 8.78. The highest BCUT2D eigenvalue weighted by Crippen LogP contribution is 2.22. The van der Waals surface area contributed by atoms with Gasteiger partial charge in [-0.05, 0) is 25.1 Å². The van der Waals surface area contributed by atoms with Crippen LogP contribution in [0, 0.1) is 24.4 Å². The second-order valence-corrected chi connectivity index (χ2v) is 6.28. The van der Waals surface area contributed by atoms with Crippen molar-refractivity contribution in [3.8, 4) is 0 Å². The number of aromatic nitrogens is 2. The Balaban J connectivity index is 1.65. The Kier molecular flexibility index (Phi) is 6.42. The zero-order valence-electron chi connectivity index (χ0n) is 15.3. The van der Waals surface area contributed by atoms with Gasteiger partial charge in [-0.3, -0.25) is 9.69 Å². The lowest BCUT2D eigenvalue weighted by atomic mass is 10.3. The number of hydrogen-bond acceptors (Lipinski definition) is 6. The van der Waals surface area contributed by atoms with Crippen molar-refractivity contribution in [3.05, 3.63) is 47.0 Å². The number of ether oxygens (including phenoxy) is 1. The first-order valence-electron chi connectivity index (χ1n) is 8.78. The molecule has 1 aliphatic rings. The van der Waals surface area contributed by atoms with Crippen molar-refractivity contribution < 1.29 is 22.7 Å². The average molecular weight is 395 g/mol. The molecule has 1 saturated heterocycles. The topological polar surface area (TPSA) is 79.4 Å². The van der Waals surface area contributed by atoms with Gasteiger partial charge < -0.3 is 15.4 Å². The van der Waals surface area contributed by atoms with Gasteiger partial charge in [0, 0.05) is 31.9 Å². The lowest BCUT2D eigenvalue weighted by Crippen LogP contribution is -2.41. The normalized spacial score (nSPS) is 14.7. The number of carbonyl (C=O) groups excluding carboxylic acids is 1. The number of aryl methyl sites for hydroxylation is 1. The van der Waals surface area contributed by atoms with Crippen LogP contribution in [0.2, 0.25) is 0 Å². The van der Waals surface area contributed by atoms with Crippen LogP contribution >= 0.6 is 0 Å². The molecule has 0 unspecified atom stereocenters. The monoisotopic (exact) mass is 395 g/mol. The van der Waals surface area contributed by atoms with Crippen molar-refractivity contribution in [1.82, 2.24) is 20.2 Å². The van der Waals surface area contributed by atoms with E-state index >= 15 is 0 Å². The fourth-order valence-corrected chi connectivity index (χ4v) is 2.73. The summed E-state index contributed by atoms with van der Waals surface area (Å²) in [6.45, 7) is 5.74. The highest BCUT2D eigenvalue weighted by molar-refractivity contribution is 5.92. The molecular weight excluding hydrogens is 375 g/mol. The molecule has 0 atom stereocenters. The van der Waals surface area contributed by atoms with Crippen molar-refractivity contribution in [1.29, 1.82) is 0 Å². The van der Waals surface area contributed by atoms with E-state index in [1.165, 1.54) is 6.07 Å². The lowest BCUT2D eigenvalue weighted by Gasteiger charge is -2.26. The third kappa shape index (κ3) is 4.96. The van der Waals surface area contributed by atoms with Crippen LogP contribution in [0.3, 0.4) is 0 Å². The standard InChI is InChI=1S/C18H20F3N5O2/c1-11-10-14(17(27)22-4-5-26-6-8-28-9-7-26)25-18(23-11)24-13-3-2-12(19)15(20)16(13)21/h2-3,10H,4-9H2,1H3,(H,22,27)(H,23,24,25). The minimum atomic E-state index is -1.60. The van der Waals surface area contributed by atoms with E-state index in [-0.39, 0.29) is 17.3 Å². The molecule has 2 heterocycles. The quantitative estimate of drug-likeness (QED) is 0.729. The number of morpholine rings is 1. The Labute approximate surface area is 159 Å². The van der Waals surface area contributed by atoms with Gasteiger partial charge in [0.25, 0.3) is 5.91 Å². The number of nitrogens with one attached hydrogen (secondary N) is 2. The van der Waals surface area contributed by atoms with E-state index in [4.69, 9.17) is 4.74 Å². The molecule has 1 aromatic heterocycles. The molecule has 3 rings (SSSR count). The van der Waals surface area contributed by atoms with E-state index in [0.717, 1.165) is 25.2 Å². The smallest absolute Gasteiger partial charge is 0.270 e. The number of carbonyl (C=O) groups is 1. The summed E-state index contributed by atoms with van der Waals surface area (Å²) in [5.41, 5.74) is 0.210. The minimum absolute atomic E-state index is 0.0833. The summed E-state index contributed by atoms with van der Waals surface area (Å²) in [4.78, 5) is 22.6. The third-order valence-corrected chi connectivity index (χ3v) is 4.19. The molecule has 1 aliphatic heterocycles. The number of amides is 1. The number of rotatable bonds is 6. The van der Waals surface area contributed by atoms with Crippen molar-refractivity contribution in [3.63, 3.8) is 0 Å². The zero-order valence-corrected chi connectivity index (χ0v) is 15.3. The van der Waals surface area contributed by atoms with Crippen molar-refractivity contribution in [2.45, 2.75) is 6.92 Å². The highest BCUT2D eigenvalue weighted by Gasteiger charge is 2.16. The maximum Gasteiger partial charge on any atom is 0.270 e. The van der Waals surface area contributed by atoms with E-state index in [1.807, 2.05) is 0 Å². The summed E-state index contributed by atoms with van der Waals surface area (Å²) in [5.74, 6) is -4.79. The van der Waals surface area contributed by atoms with Crippen LogP contribution in [0.15, 0.2) is 18.2 Å². The second-order valence-electron chi connectivity index (χ2n) is 6.28. The van der Waals surface area contributed by atoms with Crippen LogP contribution in [0.1, 0.15) is 16.2 Å². The van der Waals surface area contributed by atoms with Gasteiger partial charge in [0.05, 0.1) is 18.9 Å². The molecule has 28 heavy (non-hydrogen) atoms. The number of halogens is 3. The predicted molar refractivity (Wildman–Crippen MR) is 96.0 cm³/mol. The maximum atomic E-state index is 13.8. The Hall–Kier alpha value is -2.72. The molecule has 2 N–H and O–H groups in total. The Morgan fingerprint density at radius 2 is 1.93 bits per heavy atom. The summed E-state index contributed by atoms with van der Waals surface area (Å²) < 4.78 is 45.5. The van der Waals surface area contributed by atoms with Gasteiger partial charge in [-0.1, -0.05) is 0 Å². The molecular formula is C18H20F3N5O2. The zero-order chi connectivity index (χ0) is 20.1. The van der Waals surface area contributed by atoms with Crippen LogP contribution in [0.4, 0.5) is 24.8 Å². The highest BCUT2D eigenvalue weighted by atomic mass is 19.2. The largest absolute Gasteiger partial charge is 0.379 e. The van der Waals surface area contributed by atoms with Gasteiger partial charge in [-0.2, -0.15) is 0 Å². The fourth-order valence-electron chi connectivity index (χ4n) is 2.73. The fraction of sp³-hybridized carbons (Fsp3) is 0.389. The molecule has 0 spiro atoms. The van der Waals surface area contributed by atoms with E-state index in [1.54, 1.807) is 6.92 Å². The third-order valence-electron chi connectivity index (χ3n) is 4.19. The van der Waals surface area contributed by atoms with Crippen molar-refractivity contribution >= 4 is 17.5 Å². The molecule has 10 heteroatoms. The van der Waals surface area contributed by atoms with E-state index in [9.17, 15) is 18.0 Å². The first-order chi connectivity index (χ1) is 13.4. The Morgan fingerprint density at radius 1 is 1.18 bits per heavy atom. The lowest BCUT2D eigenvalue weighted by molar-refractivity contribution is 0.0383. The summed E-state index contributed by atoms with van der Waals surface area (Å²) in [7, 11) is 0. The van der Waals surface area contributed by atoms with Crippen molar-refractivity contribution in [2.24, 2.45) is 0 Å². The van der Waals surface area contributed by atoms with Gasteiger partial charge >= 0.3 is 0 Å². The van der Waals surface area contributed by atoms with Gasteiger partial charge in [0.2, 0.25) is 5.95 Å². The van der Waals surface area contributed by atoms with E-state index in [2.05, 4.69) is 25.5 Å². The summed E-state index contributed by atoms with van der Waals surface area (Å²) in [6, 6.07) is 3.30. The molecule has 0 aliphatic carbocycles. The van der Waals surface area contributed by atoms with E-state index in [0.29, 0.717) is 32.0 Å². The van der Waals surface area contributed by atoms with Crippen LogP contribution < -0.4 is 10.6 Å². The number of nitrogens with zero attached hydrogens (tertiary/aromatic N) is 3. The molecule has 150 valence electrons. The number of anilines is 2. The Morgan fingerprint density at radius 3 is 2.68 bits per heavy atom. The predicted octanol–water partition coefficient (Wildman–Crippen LogP) is 2.01. The second kappa shape index (κ2) is 8.98. The van der Waals surface area contributed by atoms with Gasteiger partial charge in [0.1, 0.15) is 5.69 Å². The molecule has 1 fully saturated rings. The summed E-state index contributed by atoms with van der Waals surface area (Å²) in [6.07, 6.45) is 0. The summed E-state index contributed by atoms with van der Waals surface area (Å²) in [5, 5.41) is 5.25. The molecule has 7 nitrogen and oxygen atoms in total. The Bertz CT molecular complexity index is 859. The molecule has 1 aromatic carbocycles. The van der Waals surface area contributed by atoms with Crippen LogP contribution in [-0.2, 0) is 4.74 Å². The summed E-state index contributed by atoms with van der Waals surface area (Å²) >= 11 is 0. The van der Waals surface area contributed by atoms with E-state index < -0.39 is 23.4 Å². The molecule has 2 aromatic rings. The van der Waals surface area contributed by atoms with Crippen molar-refractivity contribution in [2.75, 3.05) is 44.7 Å². The molecule has 1 amide bonds. The average Bonchev–Trinajstić information content (AvgIpc) is 2.69. The van der Waals surface area contributed by atoms with Crippen LogP contribution in [-0.4, -0.2) is 60.2 Å². The van der Waals surface area contributed by atoms with Gasteiger partial charge in [0.15, 0.2) is 17.5 Å². The van der Waals surface area contributed by atoms with Crippen LogP contribution in [0.25, 0.3) is 0 Å². The first kappa shape index (κ1) is 20.0. The maximum absolute atomic E-state index is 13.8. The van der Waals surface area contributed by atoms with Gasteiger partial charge in [-0.25, -0.2) is 23.1 Å². The number of benzene rings is 1. The minimum Gasteiger partial charge on any atom is -0.379 e. The SMILES string of the molecule is Cc1cc(C(=O)NCCN2CCOCC2)nc(Nc2ccc(F)c(F)c2F)n1. The van der Waals surface area contributed by atoms with Crippen LogP contribution in [0.5, 0.6) is 0 Å². The molecule has 0 saturated carbocycles. The molecule has 0 bridgehead atoms.